The molecule has 1 aromatic carbocycles. The van der Waals surface area contributed by atoms with Gasteiger partial charge in [0, 0.05) is 25.5 Å². The third-order valence-corrected chi connectivity index (χ3v) is 2.86. The molecule has 1 amide bonds. The zero-order chi connectivity index (χ0) is 13.5. The first-order valence-electron chi connectivity index (χ1n) is 6.36. The van der Waals surface area contributed by atoms with Crippen LogP contribution in [0.25, 0.3) is 0 Å². The summed E-state index contributed by atoms with van der Waals surface area (Å²) in [5, 5.41) is 2.86. The van der Waals surface area contributed by atoms with Gasteiger partial charge < -0.3 is 9.88 Å². The molecule has 0 aliphatic heterocycles. The van der Waals surface area contributed by atoms with Crippen LogP contribution in [-0.4, -0.2) is 17.0 Å². The Morgan fingerprint density at radius 1 is 1.16 bits per heavy atom. The monoisotopic (exact) mass is 260 g/mol. The van der Waals surface area contributed by atoms with E-state index < -0.39 is 0 Å². The van der Waals surface area contributed by atoms with Crippen LogP contribution in [0.5, 0.6) is 0 Å². The fourth-order valence-corrected chi connectivity index (χ4v) is 1.86. The van der Waals surface area contributed by atoms with Gasteiger partial charge in [-0.15, -0.1) is 0 Å². The lowest BCUT2D eigenvalue weighted by Crippen LogP contribution is -2.26. The van der Waals surface area contributed by atoms with Crippen LogP contribution in [0, 0.1) is 5.82 Å². The van der Waals surface area contributed by atoms with Crippen molar-refractivity contribution in [3.8, 4) is 0 Å². The second-order valence-corrected chi connectivity index (χ2v) is 4.43. The number of hydrogen-bond donors (Lipinski definition) is 1. The molecular weight excluding hydrogens is 243 g/mol. The van der Waals surface area contributed by atoms with Gasteiger partial charge in [0.05, 0.1) is 6.42 Å². The van der Waals surface area contributed by atoms with E-state index in [1.54, 1.807) is 12.1 Å². The first-order valence-corrected chi connectivity index (χ1v) is 6.36. The Bertz CT molecular complexity index is 505. The molecule has 4 heteroatoms. The summed E-state index contributed by atoms with van der Waals surface area (Å²) in [6.07, 6.45) is 5.19. The Balaban J connectivity index is 1.65. The molecule has 1 N–H and O–H groups in total. The Kier molecular flexibility index (Phi) is 4.72. The van der Waals surface area contributed by atoms with Gasteiger partial charge in [0.25, 0.3) is 0 Å². The minimum atomic E-state index is -0.282. The minimum Gasteiger partial charge on any atom is -0.356 e. The van der Waals surface area contributed by atoms with Gasteiger partial charge in [0.15, 0.2) is 0 Å². The molecular formula is C15H17FN2O. The molecule has 1 heterocycles. The van der Waals surface area contributed by atoms with Crippen LogP contribution in [-0.2, 0) is 17.8 Å². The van der Waals surface area contributed by atoms with Crippen molar-refractivity contribution in [2.24, 2.45) is 0 Å². The third kappa shape index (κ3) is 4.58. The Morgan fingerprint density at radius 2 is 1.84 bits per heavy atom. The number of carbonyl (C=O) groups excluding carboxylic acids is 1. The zero-order valence-corrected chi connectivity index (χ0v) is 10.7. The van der Waals surface area contributed by atoms with E-state index in [0.717, 1.165) is 18.5 Å². The van der Waals surface area contributed by atoms with Gasteiger partial charge in [-0.25, -0.2) is 4.39 Å². The lowest BCUT2D eigenvalue weighted by atomic mass is 10.1. The number of nitrogens with one attached hydrogen (secondary N) is 1. The van der Waals surface area contributed by atoms with Crippen molar-refractivity contribution < 1.29 is 9.18 Å². The predicted molar refractivity (Wildman–Crippen MR) is 72.2 cm³/mol. The van der Waals surface area contributed by atoms with E-state index in [1.807, 2.05) is 24.5 Å². The highest BCUT2D eigenvalue weighted by molar-refractivity contribution is 5.78. The molecule has 0 aliphatic carbocycles. The van der Waals surface area contributed by atoms with E-state index in [4.69, 9.17) is 0 Å². The molecule has 3 nitrogen and oxygen atoms in total. The Morgan fingerprint density at radius 3 is 2.53 bits per heavy atom. The summed E-state index contributed by atoms with van der Waals surface area (Å²) in [6.45, 7) is 1.54. The number of amides is 1. The van der Waals surface area contributed by atoms with Crippen molar-refractivity contribution in [1.82, 2.24) is 9.88 Å². The van der Waals surface area contributed by atoms with Crippen LogP contribution in [0.3, 0.4) is 0 Å². The highest BCUT2D eigenvalue weighted by Crippen LogP contribution is 2.03. The summed E-state index contributed by atoms with van der Waals surface area (Å²) in [5.74, 6) is -0.310. The summed E-state index contributed by atoms with van der Waals surface area (Å²) in [7, 11) is 0. The molecule has 0 unspecified atom stereocenters. The van der Waals surface area contributed by atoms with Crippen molar-refractivity contribution in [3.05, 3.63) is 60.2 Å². The second kappa shape index (κ2) is 6.73. The van der Waals surface area contributed by atoms with Crippen LogP contribution in [0.1, 0.15) is 12.0 Å². The number of nitrogens with zero attached hydrogens (tertiary/aromatic N) is 1. The van der Waals surface area contributed by atoms with Gasteiger partial charge in [0.2, 0.25) is 5.91 Å². The molecule has 19 heavy (non-hydrogen) atoms. The summed E-state index contributed by atoms with van der Waals surface area (Å²) < 4.78 is 14.8. The quantitative estimate of drug-likeness (QED) is 0.795. The maximum absolute atomic E-state index is 12.7. The Labute approximate surface area is 112 Å². The molecule has 0 aliphatic rings. The first-order chi connectivity index (χ1) is 9.24. The maximum Gasteiger partial charge on any atom is 0.224 e. The highest BCUT2D eigenvalue weighted by atomic mass is 19.1. The second-order valence-electron chi connectivity index (χ2n) is 4.43. The molecule has 1 aromatic heterocycles. The van der Waals surface area contributed by atoms with E-state index in [2.05, 4.69) is 9.88 Å². The molecule has 0 fully saturated rings. The topological polar surface area (TPSA) is 34.0 Å². The molecule has 0 bridgehead atoms. The number of aryl methyl sites for hydroxylation is 1. The largest absolute Gasteiger partial charge is 0.356 e. The molecule has 2 aromatic rings. The maximum atomic E-state index is 12.7. The molecule has 0 saturated carbocycles. The van der Waals surface area contributed by atoms with E-state index in [-0.39, 0.29) is 11.7 Å². The van der Waals surface area contributed by atoms with Crippen LogP contribution < -0.4 is 5.32 Å². The predicted octanol–water partition coefficient (Wildman–Crippen LogP) is 2.38. The van der Waals surface area contributed by atoms with Gasteiger partial charge in [-0.2, -0.15) is 0 Å². The smallest absolute Gasteiger partial charge is 0.224 e. The number of benzene rings is 1. The van der Waals surface area contributed by atoms with E-state index in [1.165, 1.54) is 12.1 Å². The van der Waals surface area contributed by atoms with Crippen LogP contribution >= 0.6 is 0 Å². The average molecular weight is 260 g/mol. The first kappa shape index (κ1) is 13.3. The van der Waals surface area contributed by atoms with E-state index in [9.17, 15) is 9.18 Å². The number of hydrogen-bond acceptors (Lipinski definition) is 1. The molecule has 100 valence electrons. The molecule has 0 saturated heterocycles. The number of halogens is 1. The summed E-state index contributed by atoms with van der Waals surface area (Å²) in [5.41, 5.74) is 0.823. The standard InChI is InChI=1S/C15H17FN2O/c16-14-6-4-13(5-7-14)12-15(19)17-8-3-11-18-9-1-2-10-18/h1-2,4-7,9-10H,3,8,11-12H2,(H,17,19). The van der Waals surface area contributed by atoms with Crippen molar-refractivity contribution >= 4 is 5.91 Å². The average Bonchev–Trinajstić information content (AvgIpc) is 2.91. The van der Waals surface area contributed by atoms with Crippen LogP contribution in [0.2, 0.25) is 0 Å². The van der Waals surface area contributed by atoms with E-state index in [0.29, 0.717) is 13.0 Å². The number of carbonyl (C=O) groups is 1. The summed E-state index contributed by atoms with van der Waals surface area (Å²) in [6, 6.07) is 9.97. The van der Waals surface area contributed by atoms with Gasteiger partial charge in [0.1, 0.15) is 5.82 Å². The number of rotatable bonds is 6. The molecule has 0 spiro atoms. The zero-order valence-electron chi connectivity index (χ0n) is 10.7. The normalized spacial score (nSPS) is 10.4. The molecule has 2 rings (SSSR count). The van der Waals surface area contributed by atoms with Gasteiger partial charge in [-0.1, -0.05) is 12.1 Å². The van der Waals surface area contributed by atoms with Gasteiger partial charge >= 0.3 is 0 Å². The van der Waals surface area contributed by atoms with E-state index >= 15 is 0 Å². The Hall–Kier alpha value is -2.10. The fraction of sp³-hybridized carbons (Fsp3) is 0.267. The third-order valence-electron chi connectivity index (χ3n) is 2.86. The van der Waals surface area contributed by atoms with Crippen molar-refractivity contribution in [1.29, 1.82) is 0 Å². The minimum absolute atomic E-state index is 0.0286. The van der Waals surface area contributed by atoms with Crippen molar-refractivity contribution in [2.45, 2.75) is 19.4 Å². The molecule has 0 radical (unpaired) electrons. The number of aromatic nitrogens is 1. The molecule has 0 atom stereocenters. The lowest BCUT2D eigenvalue weighted by Gasteiger charge is -2.06. The van der Waals surface area contributed by atoms with Crippen LogP contribution in [0.4, 0.5) is 4.39 Å². The van der Waals surface area contributed by atoms with Crippen LogP contribution in [0.15, 0.2) is 48.8 Å². The lowest BCUT2D eigenvalue weighted by molar-refractivity contribution is -0.120. The van der Waals surface area contributed by atoms with Crippen molar-refractivity contribution in [3.63, 3.8) is 0 Å². The van der Waals surface area contributed by atoms with Gasteiger partial charge in [-0.3, -0.25) is 4.79 Å². The SMILES string of the molecule is O=C(Cc1ccc(F)cc1)NCCCn1cccc1. The van der Waals surface area contributed by atoms with Gasteiger partial charge in [-0.05, 0) is 36.2 Å². The fourth-order valence-electron chi connectivity index (χ4n) is 1.86. The summed E-state index contributed by atoms with van der Waals surface area (Å²) >= 11 is 0. The highest BCUT2D eigenvalue weighted by Gasteiger charge is 2.02. The van der Waals surface area contributed by atoms with Crippen molar-refractivity contribution in [2.75, 3.05) is 6.54 Å². The summed E-state index contributed by atoms with van der Waals surface area (Å²) in [4.78, 5) is 11.6.